The lowest BCUT2D eigenvalue weighted by atomic mass is 10.2. The average molecular weight is 309 g/mol. The van der Waals surface area contributed by atoms with E-state index in [0.29, 0.717) is 6.54 Å². The van der Waals surface area contributed by atoms with E-state index in [1.807, 2.05) is 12.1 Å². The van der Waals surface area contributed by atoms with Gasteiger partial charge in [0.2, 0.25) is 0 Å². The van der Waals surface area contributed by atoms with Gasteiger partial charge in [-0.3, -0.25) is 0 Å². The van der Waals surface area contributed by atoms with Gasteiger partial charge in [-0.2, -0.15) is 0 Å². The number of halogens is 1. The summed E-state index contributed by atoms with van der Waals surface area (Å²) >= 11 is 1.53. The molecule has 22 heavy (non-hydrogen) atoms. The molecule has 2 heterocycles. The van der Waals surface area contributed by atoms with Crippen molar-refractivity contribution < 1.29 is 4.39 Å². The second-order valence-corrected chi connectivity index (χ2v) is 6.07. The molecule has 0 aliphatic heterocycles. The molecule has 0 atom stereocenters. The summed E-state index contributed by atoms with van der Waals surface area (Å²) in [6.07, 6.45) is 2.06. The summed E-state index contributed by atoms with van der Waals surface area (Å²) in [5, 5.41) is 11.4. The van der Waals surface area contributed by atoms with Gasteiger partial charge in [0.1, 0.15) is 15.8 Å². The van der Waals surface area contributed by atoms with E-state index in [1.54, 1.807) is 12.1 Å². The molecule has 2 aromatic carbocycles. The Kier molecular flexibility index (Phi) is 3.20. The van der Waals surface area contributed by atoms with Crippen molar-refractivity contribution in [2.24, 2.45) is 0 Å². The SMILES string of the molecule is Fc1ccc(-c2nnc(Cn3ccc4ccccc43)s2)cc1. The molecule has 0 saturated heterocycles. The van der Waals surface area contributed by atoms with Crippen LogP contribution in [0, 0.1) is 5.82 Å². The molecule has 0 aliphatic carbocycles. The molecule has 0 aliphatic rings. The normalized spacial score (nSPS) is 11.1. The molecule has 0 bridgehead atoms. The Morgan fingerprint density at radius 1 is 0.955 bits per heavy atom. The predicted octanol–water partition coefficient (Wildman–Crippen LogP) is 4.35. The van der Waals surface area contributed by atoms with Gasteiger partial charge in [-0.25, -0.2) is 4.39 Å². The molecule has 4 rings (SSSR count). The maximum Gasteiger partial charge on any atom is 0.147 e. The number of hydrogen-bond donors (Lipinski definition) is 0. The number of benzene rings is 2. The van der Waals surface area contributed by atoms with E-state index in [0.717, 1.165) is 15.6 Å². The van der Waals surface area contributed by atoms with E-state index in [-0.39, 0.29) is 5.82 Å². The van der Waals surface area contributed by atoms with Crippen molar-refractivity contribution in [2.75, 3.05) is 0 Å². The van der Waals surface area contributed by atoms with Crippen LogP contribution in [0.5, 0.6) is 0 Å². The van der Waals surface area contributed by atoms with E-state index in [9.17, 15) is 4.39 Å². The number of aromatic nitrogens is 3. The zero-order valence-electron chi connectivity index (χ0n) is 11.6. The van der Waals surface area contributed by atoms with Gasteiger partial charge in [0, 0.05) is 17.3 Å². The number of rotatable bonds is 3. The molecule has 0 fully saturated rings. The third kappa shape index (κ3) is 2.40. The van der Waals surface area contributed by atoms with E-state index >= 15 is 0 Å². The zero-order chi connectivity index (χ0) is 14.9. The van der Waals surface area contributed by atoms with Crippen LogP contribution in [-0.4, -0.2) is 14.8 Å². The smallest absolute Gasteiger partial charge is 0.147 e. The average Bonchev–Trinajstić information content (AvgIpc) is 3.16. The monoisotopic (exact) mass is 309 g/mol. The summed E-state index contributed by atoms with van der Waals surface area (Å²) in [6.45, 7) is 0.687. The van der Waals surface area contributed by atoms with Crippen LogP contribution in [0.3, 0.4) is 0 Å². The maximum atomic E-state index is 13.0. The molecule has 0 spiro atoms. The standard InChI is InChI=1S/C17H12FN3S/c18-14-7-5-13(6-8-14)17-20-19-16(22-17)11-21-10-9-12-3-1-2-4-15(12)21/h1-10H,11H2. The highest BCUT2D eigenvalue weighted by molar-refractivity contribution is 7.14. The molecule has 4 aromatic rings. The van der Waals surface area contributed by atoms with Crippen LogP contribution in [0.2, 0.25) is 0 Å². The van der Waals surface area contributed by atoms with Crippen LogP contribution in [0.4, 0.5) is 4.39 Å². The maximum absolute atomic E-state index is 13.0. The molecule has 0 N–H and O–H groups in total. The van der Waals surface area contributed by atoms with Crippen LogP contribution in [-0.2, 0) is 6.54 Å². The summed E-state index contributed by atoms with van der Waals surface area (Å²) in [4.78, 5) is 0. The fourth-order valence-corrected chi connectivity index (χ4v) is 3.29. The van der Waals surface area contributed by atoms with Gasteiger partial charge >= 0.3 is 0 Å². The van der Waals surface area contributed by atoms with Crippen molar-refractivity contribution in [1.29, 1.82) is 0 Å². The topological polar surface area (TPSA) is 30.7 Å². The summed E-state index contributed by atoms with van der Waals surface area (Å²) < 4.78 is 15.1. The van der Waals surface area contributed by atoms with Gasteiger partial charge in [-0.15, -0.1) is 10.2 Å². The molecule has 2 aromatic heterocycles. The first-order chi connectivity index (χ1) is 10.8. The molecule has 0 amide bonds. The molecular weight excluding hydrogens is 297 g/mol. The Bertz CT molecular complexity index is 924. The Morgan fingerprint density at radius 2 is 1.77 bits per heavy atom. The van der Waals surface area contributed by atoms with E-state index in [4.69, 9.17) is 0 Å². The summed E-state index contributed by atoms with van der Waals surface area (Å²) in [7, 11) is 0. The fraction of sp³-hybridized carbons (Fsp3) is 0.0588. The number of para-hydroxylation sites is 1. The van der Waals surface area contributed by atoms with Crippen LogP contribution < -0.4 is 0 Å². The second kappa shape index (κ2) is 5.35. The van der Waals surface area contributed by atoms with Gasteiger partial charge in [-0.1, -0.05) is 29.5 Å². The molecule has 0 radical (unpaired) electrons. The van der Waals surface area contributed by atoms with Crippen LogP contribution >= 0.6 is 11.3 Å². The molecule has 0 unspecified atom stereocenters. The van der Waals surface area contributed by atoms with Gasteiger partial charge in [-0.05, 0) is 41.8 Å². The fourth-order valence-electron chi connectivity index (χ4n) is 2.45. The largest absolute Gasteiger partial charge is 0.341 e. The number of fused-ring (bicyclic) bond motifs is 1. The van der Waals surface area contributed by atoms with Crippen molar-refractivity contribution in [2.45, 2.75) is 6.54 Å². The third-order valence-electron chi connectivity index (χ3n) is 3.54. The van der Waals surface area contributed by atoms with Crippen LogP contribution in [0.25, 0.3) is 21.5 Å². The summed E-state index contributed by atoms with van der Waals surface area (Å²) in [6, 6.07) is 16.7. The van der Waals surface area contributed by atoms with Crippen LogP contribution in [0.1, 0.15) is 5.01 Å². The first-order valence-electron chi connectivity index (χ1n) is 6.92. The molecule has 108 valence electrons. The minimum Gasteiger partial charge on any atom is -0.341 e. The van der Waals surface area contributed by atoms with Crippen molar-refractivity contribution >= 4 is 22.2 Å². The Labute approximate surface area is 130 Å². The highest BCUT2D eigenvalue weighted by atomic mass is 32.1. The minimum absolute atomic E-state index is 0.243. The molecule has 0 saturated carbocycles. The van der Waals surface area contributed by atoms with Crippen molar-refractivity contribution in [3.05, 3.63) is 71.6 Å². The van der Waals surface area contributed by atoms with Gasteiger partial charge < -0.3 is 4.57 Å². The highest BCUT2D eigenvalue weighted by Gasteiger charge is 2.08. The third-order valence-corrected chi connectivity index (χ3v) is 4.50. The Morgan fingerprint density at radius 3 is 2.64 bits per heavy atom. The van der Waals surface area contributed by atoms with Gasteiger partial charge in [0.25, 0.3) is 0 Å². The van der Waals surface area contributed by atoms with Crippen molar-refractivity contribution in [3.8, 4) is 10.6 Å². The quantitative estimate of drug-likeness (QED) is 0.563. The predicted molar refractivity (Wildman–Crippen MR) is 86.3 cm³/mol. The van der Waals surface area contributed by atoms with Crippen molar-refractivity contribution in [1.82, 2.24) is 14.8 Å². The number of hydrogen-bond acceptors (Lipinski definition) is 3. The summed E-state index contributed by atoms with van der Waals surface area (Å²) in [5.74, 6) is -0.243. The molecule has 3 nitrogen and oxygen atoms in total. The van der Waals surface area contributed by atoms with Gasteiger partial charge in [0.15, 0.2) is 0 Å². The lowest BCUT2D eigenvalue weighted by Crippen LogP contribution is -1.96. The zero-order valence-corrected chi connectivity index (χ0v) is 12.4. The molecular formula is C17H12FN3S. The molecule has 5 heteroatoms. The second-order valence-electron chi connectivity index (χ2n) is 5.01. The highest BCUT2D eigenvalue weighted by Crippen LogP contribution is 2.25. The lowest BCUT2D eigenvalue weighted by Gasteiger charge is -2.01. The number of nitrogens with zero attached hydrogens (tertiary/aromatic N) is 3. The Balaban J connectivity index is 1.63. The van der Waals surface area contributed by atoms with E-state index < -0.39 is 0 Å². The summed E-state index contributed by atoms with van der Waals surface area (Å²) in [5.41, 5.74) is 2.07. The first-order valence-corrected chi connectivity index (χ1v) is 7.73. The minimum atomic E-state index is -0.243. The van der Waals surface area contributed by atoms with E-state index in [1.165, 1.54) is 34.4 Å². The van der Waals surface area contributed by atoms with E-state index in [2.05, 4.69) is 39.2 Å². The van der Waals surface area contributed by atoms with Gasteiger partial charge in [0.05, 0.1) is 6.54 Å². The first kappa shape index (κ1) is 13.2. The van der Waals surface area contributed by atoms with Crippen LogP contribution in [0.15, 0.2) is 60.8 Å². The lowest BCUT2D eigenvalue weighted by molar-refractivity contribution is 0.628. The van der Waals surface area contributed by atoms with Crippen molar-refractivity contribution in [3.63, 3.8) is 0 Å². The Hall–Kier alpha value is -2.53.